The lowest BCUT2D eigenvalue weighted by atomic mass is 10.1. The minimum Gasteiger partial charge on any atom is -0.0654 e. The zero-order chi connectivity index (χ0) is 19.0. The van der Waals surface area contributed by atoms with Gasteiger partial charge in [-0.3, -0.25) is 0 Å². The van der Waals surface area contributed by atoms with Gasteiger partial charge in [-0.2, -0.15) is 0 Å². The van der Waals surface area contributed by atoms with Crippen molar-refractivity contribution in [1.29, 1.82) is 0 Å². The molecule has 0 nitrogen and oxygen atoms in total. The Balaban J connectivity index is 0. The highest BCUT2D eigenvalue weighted by Crippen LogP contribution is 2.09. The number of aryl methyl sites for hydroxylation is 1. The highest BCUT2D eigenvalue weighted by molar-refractivity contribution is 5.11. The first-order chi connectivity index (χ1) is 12.2. The molecule has 0 saturated carbocycles. The van der Waals surface area contributed by atoms with Crippen molar-refractivity contribution in [2.45, 2.75) is 125 Å². The molecule has 0 amide bonds. The van der Waals surface area contributed by atoms with E-state index in [-0.39, 0.29) is 0 Å². The Labute approximate surface area is 160 Å². The van der Waals surface area contributed by atoms with E-state index in [9.17, 15) is 0 Å². The van der Waals surface area contributed by atoms with Gasteiger partial charge in [0, 0.05) is 0 Å². The van der Waals surface area contributed by atoms with Crippen molar-refractivity contribution >= 4 is 0 Å². The number of benzene rings is 1. The summed E-state index contributed by atoms with van der Waals surface area (Å²) >= 11 is 0. The molecule has 0 saturated heterocycles. The highest BCUT2D eigenvalue weighted by atomic mass is 14.0. The van der Waals surface area contributed by atoms with Crippen LogP contribution in [0.25, 0.3) is 0 Å². The Kier molecular flexibility index (Phi) is 26.9. The van der Waals surface area contributed by atoms with Gasteiger partial charge in [0.2, 0.25) is 0 Å². The van der Waals surface area contributed by atoms with Crippen LogP contribution in [0.1, 0.15) is 123 Å². The third-order valence-corrected chi connectivity index (χ3v) is 4.35. The molecule has 0 N–H and O–H groups in total. The van der Waals surface area contributed by atoms with Crippen LogP contribution in [0, 0.1) is 6.92 Å². The monoisotopic (exact) mass is 348 g/mol. The van der Waals surface area contributed by atoms with Crippen molar-refractivity contribution in [2.24, 2.45) is 0 Å². The molecule has 1 aromatic rings. The first-order valence-electron chi connectivity index (χ1n) is 11.2. The van der Waals surface area contributed by atoms with Gasteiger partial charge in [0.15, 0.2) is 0 Å². The summed E-state index contributed by atoms with van der Waals surface area (Å²) in [5.41, 5.74) is 1.32. The molecule has 0 atom stereocenters. The molecular weight excluding hydrogens is 300 g/mol. The molecule has 0 radical (unpaired) electrons. The Bertz CT molecular complexity index is 287. The van der Waals surface area contributed by atoms with Crippen LogP contribution in [0.4, 0.5) is 0 Å². The average Bonchev–Trinajstić information content (AvgIpc) is 2.64. The zero-order valence-corrected chi connectivity index (χ0v) is 18.3. The highest BCUT2D eigenvalue weighted by Gasteiger charge is 1.90. The number of unbranched alkanes of at least 4 members (excludes halogenated alkanes) is 12. The lowest BCUT2D eigenvalue weighted by Gasteiger charge is -1.99. The van der Waals surface area contributed by atoms with Gasteiger partial charge in [-0.1, -0.05) is 153 Å². The Morgan fingerprint density at radius 3 is 0.960 bits per heavy atom. The van der Waals surface area contributed by atoms with E-state index in [1.54, 1.807) is 0 Å². The van der Waals surface area contributed by atoms with Crippen molar-refractivity contribution in [3.8, 4) is 0 Å². The fourth-order valence-corrected chi connectivity index (χ4v) is 2.60. The predicted molar refractivity (Wildman–Crippen MR) is 119 cm³/mol. The van der Waals surface area contributed by atoms with Gasteiger partial charge < -0.3 is 0 Å². The zero-order valence-electron chi connectivity index (χ0n) is 18.3. The van der Waals surface area contributed by atoms with Crippen LogP contribution in [0.15, 0.2) is 30.3 Å². The Hall–Kier alpha value is -0.780. The lowest BCUT2D eigenvalue weighted by molar-refractivity contribution is 0.562. The van der Waals surface area contributed by atoms with E-state index >= 15 is 0 Å². The van der Waals surface area contributed by atoms with Gasteiger partial charge in [0.05, 0.1) is 0 Å². The molecule has 0 fully saturated rings. The van der Waals surface area contributed by atoms with Crippen molar-refractivity contribution in [3.05, 3.63) is 35.9 Å². The van der Waals surface area contributed by atoms with E-state index in [1.807, 2.05) is 18.2 Å². The van der Waals surface area contributed by atoms with E-state index < -0.39 is 0 Å². The maximum atomic E-state index is 2.28. The molecule has 0 aliphatic rings. The second-order valence-corrected chi connectivity index (χ2v) is 7.19. The normalized spacial score (nSPS) is 9.64. The second-order valence-electron chi connectivity index (χ2n) is 7.19. The van der Waals surface area contributed by atoms with Crippen LogP contribution in [0.5, 0.6) is 0 Å². The fourth-order valence-electron chi connectivity index (χ4n) is 2.60. The lowest BCUT2D eigenvalue weighted by Crippen LogP contribution is -1.80. The van der Waals surface area contributed by atoms with Crippen LogP contribution in [-0.2, 0) is 0 Å². The maximum Gasteiger partial charge on any atom is -0.0398 e. The SMILES string of the molecule is CCCCCC.CCCCCCCCCCCC.Cc1ccccc1. The van der Waals surface area contributed by atoms with Crippen molar-refractivity contribution in [2.75, 3.05) is 0 Å². The van der Waals surface area contributed by atoms with E-state index in [0.717, 1.165) is 0 Å². The van der Waals surface area contributed by atoms with Gasteiger partial charge in [0.25, 0.3) is 0 Å². The number of hydrogen-bond acceptors (Lipinski definition) is 0. The topological polar surface area (TPSA) is 0 Å². The van der Waals surface area contributed by atoms with E-state index in [4.69, 9.17) is 0 Å². The number of rotatable bonds is 12. The van der Waals surface area contributed by atoms with Crippen molar-refractivity contribution < 1.29 is 0 Å². The summed E-state index contributed by atoms with van der Waals surface area (Å²) in [5, 5.41) is 0. The minimum absolute atomic E-state index is 1.32. The fraction of sp³-hybridized carbons (Fsp3) is 0.760. The molecule has 25 heavy (non-hydrogen) atoms. The Morgan fingerprint density at radius 2 is 0.720 bits per heavy atom. The maximum absolute atomic E-state index is 2.28. The predicted octanol–water partition coefficient (Wildman–Crippen LogP) is 9.51. The standard InChI is InChI=1S/C12H26.C7H8.C6H14/c1-3-5-7-9-11-12-10-8-6-4-2;1-7-5-3-2-4-6-7;1-3-5-6-4-2/h3-12H2,1-2H3;2-6H,1H3;3-6H2,1-2H3. The van der Waals surface area contributed by atoms with Gasteiger partial charge in [-0.15, -0.1) is 0 Å². The van der Waals surface area contributed by atoms with E-state index in [2.05, 4.69) is 46.8 Å². The minimum atomic E-state index is 1.32. The van der Waals surface area contributed by atoms with Crippen LogP contribution in [0.3, 0.4) is 0 Å². The summed E-state index contributed by atoms with van der Waals surface area (Å²) < 4.78 is 0. The van der Waals surface area contributed by atoms with Crippen LogP contribution in [-0.4, -0.2) is 0 Å². The molecule has 148 valence electrons. The summed E-state index contributed by atoms with van der Waals surface area (Å²) in [6.45, 7) is 11.1. The summed E-state index contributed by atoms with van der Waals surface area (Å²) in [4.78, 5) is 0. The third kappa shape index (κ3) is 28.3. The molecule has 0 bridgehead atoms. The second kappa shape index (κ2) is 25.5. The van der Waals surface area contributed by atoms with Gasteiger partial charge in [-0.25, -0.2) is 0 Å². The first kappa shape index (κ1) is 26.4. The molecule has 0 heteroatoms. The van der Waals surface area contributed by atoms with Crippen molar-refractivity contribution in [1.82, 2.24) is 0 Å². The average molecular weight is 349 g/mol. The Morgan fingerprint density at radius 1 is 0.440 bits per heavy atom. The molecule has 0 spiro atoms. The summed E-state index contributed by atoms with van der Waals surface area (Å²) in [6.07, 6.45) is 20.0. The molecule has 0 aromatic heterocycles. The summed E-state index contributed by atoms with van der Waals surface area (Å²) in [6, 6.07) is 10.3. The largest absolute Gasteiger partial charge is 0.0654 e. The van der Waals surface area contributed by atoms with Crippen LogP contribution >= 0.6 is 0 Å². The molecule has 1 rings (SSSR count). The summed E-state index contributed by atoms with van der Waals surface area (Å²) in [5.74, 6) is 0. The van der Waals surface area contributed by atoms with Crippen LogP contribution < -0.4 is 0 Å². The van der Waals surface area contributed by atoms with Gasteiger partial charge in [-0.05, 0) is 6.92 Å². The van der Waals surface area contributed by atoms with Gasteiger partial charge in [0.1, 0.15) is 0 Å². The molecule has 1 aromatic carbocycles. The molecule has 0 unspecified atom stereocenters. The van der Waals surface area contributed by atoms with Crippen LogP contribution in [0.2, 0.25) is 0 Å². The molecule has 0 aliphatic carbocycles. The smallest absolute Gasteiger partial charge is 0.0398 e. The molecular formula is C25H48. The van der Waals surface area contributed by atoms with E-state index in [1.165, 1.54) is 95.5 Å². The molecule has 0 aliphatic heterocycles. The number of hydrogen-bond donors (Lipinski definition) is 0. The molecule has 0 heterocycles. The third-order valence-electron chi connectivity index (χ3n) is 4.35. The quantitative estimate of drug-likeness (QED) is 0.330. The summed E-state index contributed by atoms with van der Waals surface area (Å²) in [7, 11) is 0. The van der Waals surface area contributed by atoms with Crippen molar-refractivity contribution in [3.63, 3.8) is 0 Å². The van der Waals surface area contributed by atoms with Gasteiger partial charge >= 0.3 is 0 Å². The van der Waals surface area contributed by atoms with E-state index in [0.29, 0.717) is 0 Å². The first-order valence-corrected chi connectivity index (χ1v) is 11.2.